The maximum Gasteiger partial charge on any atom is 0.328 e. The third-order valence-corrected chi connectivity index (χ3v) is 4.89. The summed E-state index contributed by atoms with van der Waals surface area (Å²) in [4.78, 5) is 13.3. The Bertz CT molecular complexity index is 532. The molecule has 3 rings (SSSR count). The lowest BCUT2D eigenvalue weighted by Crippen LogP contribution is -2.35. The highest BCUT2D eigenvalue weighted by atomic mass is 16.4. The summed E-state index contributed by atoms with van der Waals surface area (Å²) in [5.74, 6) is -0.0671. The van der Waals surface area contributed by atoms with E-state index in [0.29, 0.717) is 6.04 Å². The maximum atomic E-state index is 10.8. The van der Waals surface area contributed by atoms with Gasteiger partial charge in [0.2, 0.25) is 0 Å². The number of para-hydroxylation sites is 1. The van der Waals surface area contributed by atoms with Crippen LogP contribution in [0.25, 0.3) is 6.08 Å². The molecule has 3 nitrogen and oxygen atoms in total. The molecule has 3 heteroatoms. The molecule has 112 valence electrons. The summed E-state index contributed by atoms with van der Waals surface area (Å²) in [6, 6.07) is 8.82. The van der Waals surface area contributed by atoms with E-state index in [9.17, 15) is 4.79 Å². The topological polar surface area (TPSA) is 40.5 Å². The molecule has 1 N–H and O–H groups in total. The van der Waals surface area contributed by atoms with E-state index in [2.05, 4.69) is 17.0 Å². The highest BCUT2D eigenvalue weighted by Crippen LogP contribution is 2.38. The lowest BCUT2D eigenvalue weighted by Gasteiger charge is -2.32. The molecule has 2 aliphatic rings. The Morgan fingerprint density at radius 3 is 2.67 bits per heavy atom. The van der Waals surface area contributed by atoms with Gasteiger partial charge in [-0.1, -0.05) is 31.0 Å². The van der Waals surface area contributed by atoms with Gasteiger partial charge < -0.3 is 10.0 Å². The van der Waals surface area contributed by atoms with Crippen molar-refractivity contribution in [3.63, 3.8) is 0 Å². The molecule has 2 fully saturated rings. The second-order valence-corrected chi connectivity index (χ2v) is 6.18. The molecule has 1 saturated carbocycles. The van der Waals surface area contributed by atoms with Crippen molar-refractivity contribution in [1.29, 1.82) is 0 Å². The first-order chi connectivity index (χ1) is 10.3. The first-order valence-corrected chi connectivity index (χ1v) is 8.02. The summed E-state index contributed by atoms with van der Waals surface area (Å²) in [6.07, 6.45) is 10.9. The van der Waals surface area contributed by atoms with E-state index in [4.69, 9.17) is 5.11 Å². The largest absolute Gasteiger partial charge is 0.478 e. The number of hydrogen-bond acceptors (Lipinski definition) is 2. The Kier molecular flexibility index (Phi) is 4.28. The monoisotopic (exact) mass is 285 g/mol. The smallest absolute Gasteiger partial charge is 0.328 e. The molecule has 1 atom stereocenters. The van der Waals surface area contributed by atoms with Crippen LogP contribution in [0.2, 0.25) is 0 Å². The van der Waals surface area contributed by atoms with Gasteiger partial charge in [-0.3, -0.25) is 0 Å². The zero-order valence-corrected chi connectivity index (χ0v) is 12.4. The van der Waals surface area contributed by atoms with Crippen LogP contribution in [-0.2, 0) is 4.79 Å². The molecule has 0 radical (unpaired) electrons. The zero-order valence-electron chi connectivity index (χ0n) is 12.4. The van der Waals surface area contributed by atoms with Crippen LogP contribution in [0.3, 0.4) is 0 Å². The van der Waals surface area contributed by atoms with Gasteiger partial charge >= 0.3 is 5.97 Å². The van der Waals surface area contributed by atoms with E-state index < -0.39 is 5.97 Å². The summed E-state index contributed by atoms with van der Waals surface area (Å²) in [5, 5.41) is 8.86. The molecule has 1 aromatic carbocycles. The van der Waals surface area contributed by atoms with Crippen LogP contribution in [0, 0.1) is 5.92 Å². The average Bonchev–Trinajstić information content (AvgIpc) is 3.15. The van der Waals surface area contributed by atoms with Crippen molar-refractivity contribution >= 4 is 17.7 Å². The summed E-state index contributed by atoms with van der Waals surface area (Å²) in [5.41, 5.74) is 2.22. The van der Waals surface area contributed by atoms with Crippen LogP contribution in [0.15, 0.2) is 30.3 Å². The summed E-state index contributed by atoms with van der Waals surface area (Å²) < 4.78 is 0. The molecule has 1 unspecified atom stereocenters. The molecule has 1 saturated heterocycles. The van der Waals surface area contributed by atoms with Gasteiger partial charge in [0.25, 0.3) is 0 Å². The Hall–Kier alpha value is -1.77. The van der Waals surface area contributed by atoms with Gasteiger partial charge in [-0.05, 0) is 49.3 Å². The van der Waals surface area contributed by atoms with E-state index in [1.807, 2.05) is 12.1 Å². The van der Waals surface area contributed by atoms with Crippen LogP contribution in [-0.4, -0.2) is 23.7 Å². The van der Waals surface area contributed by atoms with Crippen LogP contribution >= 0.6 is 0 Å². The predicted octanol–water partition coefficient (Wildman–Crippen LogP) is 3.94. The second kappa shape index (κ2) is 6.33. The highest BCUT2D eigenvalue weighted by molar-refractivity contribution is 5.87. The quantitative estimate of drug-likeness (QED) is 0.852. The van der Waals surface area contributed by atoms with Gasteiger partial charge in [0.15, 0.2) is 0 Å². The molecule has 1 aliphatic heterocycles. The lowest BCUT2D eigenvalue weighted by molar-refractivity contribution is -0.131. The maximum absolute atomic E-state index is 10.8. The van der Waals surface area contributed by atoms with Crippen LogP contribution in [0.1, 0.15) is 44.1 Å². The number of anilines is 1. The van der Waals surface area contributed by atoms with E-state index in [-0.39, 0.29) is 0 Å². The zero-order chi connectivity index (χ0) is 14.7. The summed E-state index contributed by atoms with van der Waals surface area (Å²) >= 11 is 0. The standard InChI is InChI=1S/C18H23NO2/c20-18(21)12-11-15-8-3-4-9-16(15)19-13-5-10-17(19)14-6-1-2-7-14/h3-4,8-9,11-12,14,17H,1-2,5-7,10,13H2,(H,20,21). The summed E-state index contributed by atoms with van der Waals surface area (Å²) in [7, 11) is 0. The minimum absolute atomic E-state index is 0.645. The third-order valence-electron chi connectivity index (χ3n) is 4.89. The van der Waals surface area contributed by atoms with Crippen LogP contribution in [0.4, 0.5) is 5.69 Å². The molecule has 1 heterocycles. The Morgan fingerprint density at radius 1 is 1.14 bits per heavy atom. The first-order valence-electron chi connectivity index (χ1n) is 8.02. The Labute approximate surface area is 126 Å². The van der Waals surface area contributed by atoms with Crippen molar-refractivity contribution in [2.75, 3.05) is 11.4 Å². The van der Waals surface area contributed by atoms with Crippen LogP contribution in [0.5, 0.6) is 0 Å². The minimum Gasteiger partial charge on any atom is -0.478 e. The number of rotatable bonds is 4. The fraction of sp³-hybridized carbons (Fsp3) is 0.500. The number of benzene rings is 1. The Morgan fingerprint density at radius 2 is 1.90 bits per heavy atom. The molecular weight excluding hydrogens is 262 g/mol. The van der Waals surface area contributed by atoms with Gasteiger partial charge in [0.1, 0.15) is 0 Å². The van der Waals surface area contributed by atoms with Gasteiger partial charge in [-0.2, -0.15) is 0 Å². The van der Waals surface area contributed by atoms with E-state index >= 15 is 0 Å². The fourth-order valence-corrected chi connectivity index (χ4v) is 3.97. The lowest BCUT2D eigenvalue weighted by atomic mass is 9.95. The first kappa shape index (κ1) is 14.2. The Balaban J connectivity index is 1.86. The van der Waals surface area contributed by atoms with Gasteiger partial charge in [0, 0.05) is 24.4 Å². The van der Waals surface area contributed by atoms with Crippen molar-refractivity contribution in [3.05, 3.63) is 35.9 Å². The van der Waals surface area contributed by atoms with Gasteiger partial charge in [-0.25, -0.2) is 4.79 Å². The second-order valence-electron chi connectivity index (χ2n) is 6.18. The number of carboxylic acids is 1. The molecule has 21 heavy (non-hydrogen) atoms. The van der Waals surface area contributed by atoms with Crippen LogP contribution < -0.4 is 4.90 Å². The van der Waals surface area contributed by atoms with E-state index in [0.717, 1.165) is 18.0 Å². The number of hydrogen-bond donors (Lipinski definition) is 1. The highest BCUT2D eigenvalue weighted by Gasteiger charge is 2.33. The predicted molar refractivity (Wildman–Crippen MR) is 85.4 cm³/mol. The molecule has 0 amide bonds. The van der Waals surface area contributed by atoms with Gasteiger partial charge in [-0.15, -0.1) is 0 Å². The summed E-state index contributed by atoms with van der Waals surface area (Å²) in [6.45, 7) is 1.10. The van der Waals surface area contributed by atoms with Crippen molar-refractivity contribution in [3.8, 4) is 0 Å². The van der Waals surface area contributed by atoms with Gasteiger partial charge in [0.05, 0.1) is 0 Å². The number of nitrogens with zero attached hydrogens (tertiary/aromatic N) is 1. The molecule has 0 spiro atoms. The molecule has 1 aliphatic carbocycles. The minimum atomic E-state index is -0.890. The van der Waals surface area contributed by atoms with Crippen molar-refractivity contribution in [2.24, 2.45) is 5.92 Å². The molecule has 0 bridgehead atoms. The van der Waals surface area contributed by atoms with Crippen molar-refractivity contribution in [2.45, 2.75) is 44.6 Å². The fourth-order valence-electron chi connectivity index (χ4n) is 3.97. The SMILES string of the molecule is O=C(O)C=Cc1ccccc1N1CCCC1C1CCCC1. The number of carbonyl (C=O) groups is 1. The number of aliphatic carboxylic acids is 1. The van der Waals surface area contributed by atoms with E-state index in [1.54, 1.807) is 6.08 Å². The van der Waals surface area contributed by atoms with Crippen molar-refractivity contribution < 1.29 is 9.90 Å². The number of carboxylic acid groups (broad SMARTS) is 1. The molecular formula is C18H23NO2. The molecule has 0 aromatic heterocycles. The van der Waals surface area contributed by atoms with E-state index in [1.165, 1.54) is 50.3 Å². The molecule has 1 aromatic rings. The van der Waals surface area contributed by atoms with Crippen molar-refractivity contribution in [1.82, 2.24) is 0 Å². The third kappa shape index (κ3) is 3.12. The normalized spacial score (nSPS) is 23.2. The average molecular weight is 285 g/mol.